The van der Waals surface area contributed by atoms with Gasteiger partial charge in [-0.3, -0.25) is 39.1 Å². The molecule has 5 aliphatic heterocycles. The number of para-hydroxylation sites is 1. The van der Waals surface area contributed by atoms with E-state index in [0.717, 1.165) is 99.7 Å². The number of piperidine rings is 1. The Balaban J connectivity index is 0.653. The molecule has 6 heterocycles. The summed E-state index contributed by atoms with van der Waals surface area (Å²) in [6, 6.07) is 22.2. The molecule has 4 fully saturated rings. The number of phenols is 1. The number of carbonyl (C=O) groups excluding carboxylic acids is 5. The maximum absolute atomic E-state index is 13.3. The van der Waals surface area contributed by atoms with Crippen molar-refractivity contribution in [2.24, 2.45) is 0 Å². The molecule has 2 bridgehead atoms. The van der Waals surface area contributed by atoms with E-state index in [2.05, 4.69) is 53.7 Å². The summed E-state index contributed by atoms with van der Waals surface area (Å²) in [7, 11) is 0. The van der Waals surface area contributed by atoms with Crippen molar-refractivity contribution in [1.29, 1.82) is 0 Å². The van der Waals surface area contributed by atoms with E-state index in [1.165, 1.54) is 0 Å². The van der Waals surface area contributed by atoms with Gasteiger partial charge >= 0.3 is 0 Å². The number of carbonyl (C=O) groups is 5. The zero-order valence-electron chi connectivity index (χ0n) is 37.2. The van der Waals surface area contributed by atoms with E-state index in [-0.39, 0.29) is 35.6 Å². The van der Waals surface area contributed by atoms with Gasteiger partial charge in [-0.05, 0) is 74.6 Å². The van der Waals surface area contributed by atoms with Crippen molar-refractivity contribution in [1.82, 2.24) is 30.2 Å². The summed E-state index contributed by atoms with van der Waals surface area (Å²) < 4.78 is 6.29. The standard InChI is InChI=1S/C49H58N10O7/c50-46-41(29-39(53-54-46)36-12-5-6-15-42(36)60)57-30-33-17-18-34(31-57)58(33)32-10-8-11-35(28-32)66-27-26-55-22-24-56(25-23-55)44(62)16-4-2-1-3-7-21-51-38-14-9-13-37-45(38)49(65)59(48(37)64)40-19-20-43(61)52-47(40)63/h5-6,8-15,28-29,33-34,40,51,60H,1-4,7,16-27,30-31H2,(H2,50,54)(H,52,61,63). The van der Waals surface area contributed by atoms with Gasteiger partial charge in [0.2, 0.25) is 17.7 Å². The summed E-state index contributed by atoms with van der Waals surface area (Å²) in [5, 5.41) is 24.5. The smallest absolute Gasteiger partial charge is 0.264 e. The van der Waals surface area contributed by atoms with Crippen LogP contribution in [0.15, 0.2) is 72.8 Å². The second kappa shape index (κ2) is 19.8. The molecule has 5 N–H and O–H groups in total. The van der Waals surface area contributed by atoms with Crippen LogP contribution in [0.25, 0.3) is 11.3 Å². The highest BCUT2D eigenvalue weighted by atomic mass is 16.5. The molecule has 346 valence electrons. The number of aromatic hydroxyl groups is 1. The second-order valence-corrected chi connectivity index (χ2v) is 17.9. The second-order valence-electron chi connectivity index (χ2n) is 17.9. The lowest BCUT2D eigenvalue weighted by atomic mass is 10.0. The number of anilines is 4. The molecule has 3 unspecified atom stereocenters. The molecule has 5 aliphatic rings. The number of ether oxygens (including phenoxy) is 1. The van der Waals surface area contributed by atoms with Crippen molar-refractivity contribution in [2.75, 3.05) is 79.8 Å². The van der Waals surface area contributed by atoms with Crippen molar-refractivity contribution >= 4 is 52.4 Å². The number of nitrogens with two attached hydrogens (primary N) is 1. The molecule has 4 aromatic rings. The third kappa shape index (κ3) is 9.48. The Morgan fingerprint density at radius 1 is 0.818 bits per heavy atom. The lowest BCUT2D eigenvalue weighted by molar-refractivity contribution is -0.136. The summed E-state index contributed by atoms with van der Waals surface area (Å²) in [6.07, 6.45) is 7.50. The van der Waals surface area contributed by atoms with E-state index < -0.39 is 29.7 Å². The molecular formula is C49H58N10O7. The Hall–Kier alpha value is -6.75. The zero-order valence-corrected chi connectivity index (χ0v) is 37.2. The van der Waals surface area contributed by atoms with Gasteiger partial charge in [-0.15, -0.1) is 10.2 Å². The normalized spacial score (nSPS) is 20.8. The largest absolute Gasteiger partial charge is 0.507 e. The molecule has 3 atom stereocenters. The van der Waals surface area contributed by atoms with Gasteiger partial charge in [0.25, 0.3) is 11.8 Å². The van der Waals surface area contributed by atoms with E-state index in [9.17, 15) is 29.1 Å². The number of amides is 5. The van der Waals surface area contributed by atoms with Gasteiger partial charge in [-0.2, -0.15) is 0 Å². The van der Waals surface area contributed by atoms with Crippen LogP contribution in [0.5, 0.6) is 11.5 Å². The third-order valence-corrected chi connectivity index (χ3v) is 13.7. The Kier molecular flexibility index (Phi) is 13.3. The molecule has 0 aliphatic carbocycles. The average Bonchev–Trinajstić information content (AvgIpc) is 3.74. The van der Waals surface area contributed by atoms with Crippen LogP contribution in [0, 0.1) is 0 Å². The fourth-order valence-electron chi connectivity index (χ4n) is 10.2. The lowest BCUT2D eigenvalue weighted by Gasteiger charge is -2.43. The quantitative estimate of drug-likeness (QED) is 0.0841. The maximum atomic E-state index is 13.3. The molecule has 3 aromatic carbocycles. The number of imide groups is 2. The van der Waals surface area contributed by atoms with Gasteiger partial charge in [0, 0.05) is 100 Å². The highest BCUT2D eigenvalue weighted by Gasteiger charge is 2.46. The monoisotopic (exact) mass is 898 g/mol. The van der Waals surface area contributed by atoms with Crippen molar-refractivity contribution in [2.45, 2.75) is 82.3 Å². The first kappa shape index (κ1) is 44.5. The SMILES string of the molecule is Nc1nnc(-c2ccccc2O)cc1N1CC2CCC(C1)N2c1cccc(OCCN2CCN(C(=O)CCCCCCCNc3cccc4c3C(=O)N(C3CCC(=O)NC3=O)C4=O)CC2)c1. The van der Waals surface area contributed by atoms with Crippen molar-refractivity contribution < 1.29 is 33.8 Å². The molecular weight excluding hydrogens is 841 g/mol. The molecule has 0 saturated carbocycles. The van der Waals surface area contributed by atoms with Crippen molar-refractivity contribution in [3.05, 3.63) is 83.9 Å². The molecule has 0 radical (unpaired) electrons. The van der Waals surface area contributed by atoms with Gasteiger partial charge in [0.05, 0.1) is 22.5 Å². The van der Waals surface area contributed by atoms with Crippen LogP contribution in [0.4, 0.5) is 22.9 Å². The van der Waals surface area contributed by atoms with Crippen LogP contribution in [-0.4, -0.2) is 137 Å². The van der Waals surface area contributed by atoms with E-state index in [1.54, 1.807) is 30.3 Å². The summed E-state index contributed by atoms with van der Waals surface area (Å²) in [5.74, 6) is -0.459. The molecule has 66 heavy (non-hydrogen) atoms. The highest BCUT2D eigenvalue weighted by Crippen LogP contribution is 2.40. The zero-order chi connectivity index (χ0) is 45.7. The number of hydrogen-bond donors (Lipinski definition) is 4. The van der Waals surface area contributed by atoms with Gasteiger partial charge in [-0.1, -0.05) is 43.5 Å². The van der Waals surface area contributed by atoms with Crippen LogP contribution in [-0.2, 0) is 14.4 Å². The average molecular weight is 899 g/mol. The predicted molar refractivity (Wildman–Crippen MR) is 249 cm³/mol. The Labute approximate surface area is 384 Å². The molecule has 5 amide bonds. The first-order valence-corrected chi connectivity index (χ1v) is 23.4. The first-order valence-electron chi connectivity index (χ1n) is 23.4. The van der Waals surface area contributed by atoms with Gasteiger partial charge < -0.3 is 35.6 Å². The summed E-state index contributed by atoms with van der Waals surface area (Å²) in [5.41, 5.74) is 10.7. The number of fused-ring (bicyclic) bond motifs is 3. The van der Waals surface area contributed by atoms with E-state index in [0.29, 0.717) is 67.5 Å². The van der Waals surface area contributed by atoms with E-state index in [4.69, 9.17) is 10.5 Å². The number of benzene rings is 3. The number of hydrogen-bond acceptors (Lipinski definition) is 14. The predicted octanol–water partition coefficient (Wildman–Crippen LogP) is 4.67. The fraction of sp³-hybridized carbons (Fsp3) is 0.449. The van der Waals surface area contributed by atoms with Crippen LogP contribution in [0.1, 0.15) is 84.9 Å². The molecule has 9 rings (SSSR count). The molecule has 17 heteroatoms. The van der Waals surface area contributed by atoms with Crippen molar-refractivity contribution in [3.8, 4) is 22.8 Å². The Morgan fingerprint density at radius 3 is 2.35 bits per heavy atom. The number of phenolic OH excluding ortho intramolecular Hbond substituents is 1. The maximum Gasteiger partial charge on any atom is 0.264 e. The van der Waals surface area contributed by atoms with Gasteiger partial charge in [-0.25, -0.2) is 0 Å². The summed E-state index contributed by atoms with van der Waals surface area (Å²) in [6.45, 7) is 6.65. The number of aromatic nitrogens is 2. The summed E-state index contributed by atoms with van der Waals surface area (Å²) >= 11 is 0. The minimum atomic E-state index is -0.994. The fourth-order valence-corrected chi connectivity index (χ4v) is 10.2. The molecule has 4 saturated heterocycles. The Morgan fingerprint density at radius 2 is 1.56 bits per heavy atom. The van der Waals surface area contributed by atoms with Crippen LogP contribution >= 0.6 is 0 Å². The van der Waals surface area contributed by atoms with Crippen LogP contribution in [0.3, 0.4) is 0 Å². The lowest BCUT2D eigenvalue weighted by Crippen LogP contribution is -2.54. The van der Waals surface area contributed by atoms with Crippen LogP contribution in [0.2, 0.25) is 0 Å². The third-order valence-electron chi connectivity index (χ3n) is 13.7. The van der Waals surface area contributed by atoms with Gasteiger partial charge in [0.15, 0.2) is 5.82 Å². The van der Waals surface area contributed by atoms with E-state index >= 15 is 0 Å². The number of unbranched alkanes of at least 4 members (excludes halogenated alkanes) is 4. The van der Waals surface area contributed by atoms with Crippen molar-refractivity contribution in [3.63, 3.8) is 0 Å². The highest BCUT2D eigenvalue weighted by molar-refractivity contribution is 6.25. The molecule has 0 spiro atoms. The number of piperazine rings is 2. The minimum absolute atomic E-state index is 0.0779. The Bertz CT molecular complexity index is 2460. The van der Waals surface area contributed by atoms with E-state index in [1.807, 2.05) is 29.2 Å². The number of rotatable bonds is 17. The number of nitrogens with one attached hydrogen (secondary N) is 2. The molecule has 17 nitrogen and oxygen atoms in total. The molecule has 1 aromatic heterocycles. The minimum Gasteiger partial charge on any atom is -0.507 e. The topological polar surface area (TPSA) is 207 Å². The summed E-state index contributed by atoms with van der Waals surface area (Å²) in [4.78, 5) is 73.7. The number of nitrogen functional groups attached to an aromatic ring is 1. The first-order chi connectivity index (χ1) is 32.1. The van der Waals surface area contributed by atoms with Crippen LogP contribution < -0.4 is 30.9 Å². The van der Waals surface area contributed by atoms with Gasteiger partial charge in [0.1, 0.15) is 24.1 Å². The number of nitrogens with zero attached hydrogens (tertiary/aromatic N) is 7.